The Hall–Kier alpha value is -1.16. The van der Waals surface area contributed by atoms with E-state index in [4.69, 9.17) is 0 Å². The minimum Gasteiger partial charge on any atom is -0.296 e. The van der Waals surface area contributed by atoms with Crippen LogP contribution in [0.3, 0.4) is 0 Å². The van der Waals surface area contributed by atoms with Crippen LogP contribution in [0.15, 0.2) is 22.7 Å². The van der Waals surface area contributed by atoms with Crippen molar-refractivity contribution in [3.63, 3.8) is 0 Å². The molecule has 0 saturated carbocycles. The highest BCUT2D eigenvalue weighted by Gasteiger charge is 2.51. The van der Waals surface area contributed by atoms with Gasteiger partial charge in [0, 0.05) is 10.9 Å². The van der Waals surface area contributed by atoms with Crippen LogP contribution in [0.2, 0.25) is 0 Å². The number of halogens is 1. The maximum absolute atomic E-state index is 11.9. The molecule has 3 nitrogen and oxygen atoms in total. The number of fused-ring (bicyclic) bond motifs is 2. The van der Waals surface area contributed by atoms with Crippen LogP contribution in [0.5, 0.6) is 0 Å². The van der Waals surface area contributed by atoms with Crippen LogP contribution >= 0.6 is 15.9 Å². The van der Waals surface area contributed by atoms with E-state index < -0.39 is 5.41 Å². The van der Waals surface area contributed by atoms with Gasteiger partial charge in [0.05, 0.1) is 5.41 Å². The van der Waals surface area contributed by atoms with Gasteiger partial charge in [-0.3, -0.25) is 14.9 Å². The molecule has 1 N–H and O–H groups in total. The van der Waals surface area contributed by atoms with Gasteiger partial charge in [-0.2, -0.15) is 0 Å². The standard InChI is InChI=1S/C12H10BrNO2/c13-8-1-2-9-7(5-8)3-4-12(9)6-10(15)14-11(12)16/h1-2,5H,3-4,6H2,(H,14,15,16)/t12-/m1/s1. The summed E-state index contributed by atoms with van der Waals surface area (Å²) < 4.78 is 1.02. The summed E-state index contributed by atoms with van der Waals surface area (Å²) in [5, 5.41) is 2.42. The van der Waals surface area contributed by atoms with Gasteiger partial charge in [0.25, 0.3) is 0 Å². The van der Waals surface area contributed by atoms with Gasteiger partial charge in [0.15, 0.2) is 0 Å². The fourth-order valence-corrected chi connectivity index (χ4v) is 3.19. The van der Waals surface area contributed by atoms with Crippen LogP contribution in [0, 0.1) is 0 Å². The molecule has 1 heterocycles. The molecule has 0 unspecified atom stereocenters. The molecule has 2 amide bonds. The first kappa shape index (κ1) is 10.0. The maximum atomic E-state index is 11.9. The van der Waals surface area contributed by atoms with Gasteiger partial charge >= 0.3 is 0 Å². The topological polar surface area (TPSA) is 46.2 Å². The highest BCUT2D eigenvalue weighted by atomic mass is 79.9. The first-order chi connectivity index (χ1) is 7.62. The summed E-state index contributed by atoms with van der Waals surface area (Å²) in [6, 6.07) is 5.94. The average molecular weight is 280 g/mol. The van der Waals surface area contributed by atoms with Gasteiger partial charge in [-0.25, -0.2) is 0 Å². The average Bonchev–Trinajstić information content (AvgIpc) is 2.70. The molecule has 1 spiro atoms. The first-order valence-electron chi connectivity index (χ1n) is 5.25. The molecule has 0 aromatic heterocycles. The van der Waals surface area contributed by atoms with Crippen molar-refractivity contribution in [3.05, 3.63) is 33.8 Å². The Labute approximate surface area is 101 Å². The van der Waals surface area contributed by atoms with E-state index in [2.05, 4.69) is 21.2 Å². The summed E-state index contributed by atoms with van der Waals surface area (Å²) in [4.78, 5) is 23.3. The summed E-state index contributed by atoms with van der Waals surface area (Å²) in [6.45, 7) is 0. The Kier molecular flexibility index (Phi) is 1.98. The predicted molar refractivity (Wildman–Crippen MR) is 61.9 cm³/mol. The maximum Gasteiger partial charge on any atom is 0.237 e. The lowest BCUT2D eigenvalue weighted by Crippen LogP contribution is -2.33. The van der Waals surface area contributed by atoms with Crippen molar-refractivity contribution in [2.45, 2.75) is 24.7 Å². The van der Waals surface area contributed by atoms with Crippen molar-refractivity contribution in [2.75, 3.05) is 0 Å². The van der Waals surface area contributed by atoms with E-state index in [-0.39, 0.29) is 11.8 Å². The fraction of sp³-hybridized carbons (Fsp3) is 0.333. The molecule has 0 bridgehead atoms. The minimum atomic E-state index is -0.576. The third-order valence-electron chi connectivity index (χ3n) is 3.55. The lowest BCUT2D eigenvalue weighted by Gasteiger charge is -2.19. The second-order valence-corrected chi connectivity index (χ2v) is 5.35. The molecule has 82 valence electrons. The predicted octanol–water partition coefficient (Wildman–Crippen LogP) is 1.68. The number of amides is 2. The molecule has 3 rings (SSSR count). The SMILES string of the molecule is O=C1C[C@@]2(CCc3cc(Br)ccc32)C(=O)N1. The molecule has 4 heteroatoms. The molecule has 1 saturated heterocycles. The Morgan fingerprint density at radius 1 is 1.31 bits per heavy atom. The van der Waals surface area contributed by atoms with E-state index in [1.54, 1.807) is 0 Å². The van der Waals surface area contributed by atoms with E-state index in [9.17, 15) is 9.59 Å². The number of imide groups is 1. The lowest BCUT2D eigenvalue weighted by molar-refractivity contribution is -0.126. The summed E-state index contributed by atoms with van der Waals surface area (Å²) in [7, 11) is 0. The summed E-state index contributed by atoms with van der Waals surface area (Å²) in [5.41, 5.74) is 1.63. The van der Waals surface area contributed by atoms with Gasteiger partial charge in [0.1, 0.15) is 0 Å². The quantitative estimate of drug-likeness (QED) is 0.735. The van der Waals surface area contributed by atoms with Gasteiger partial charge in [-0.05, 0) is 36.1 Å². The minimum absolute atomic E-state index is 0.126. The number of nitrogens with one attached hydrogen (secondary N) is 1. The molecule has 1 aromatic carbocycles. The molecule has 1 aliphatic heterocycles. The highest BCUT2D eigenvalue weighted by Crippen LogP contribution is 2.44. The fourth-order valence-electron chi connectivity index (χ4n) is 2.78. The molecule has 2 aliphatic rings. The molecule has 1 aliphatic carbocycles. The van der Waals surface area contributed by atoms with E-state index in [0.29, 0.717) is 6.42 Å². The second-order valence-electron chi connectivity index (χ2n) is 4.44. The van der Waals surface area contributed by atoms with Crippen molar-refractivity contribution in [1.29, 1.82) is 0 Å². The molecular formula is C12H10BrNO2. The van der Waals surface area contributed by atoms with Gasteiger partial charge < -0.3 is 0 Å². The smallest absolute Gasteiger partial charge is 0.237 e. The van der Waals surface area contributed by atoms with E-state index in [1.165, 1.54) is 5.56 Å². The zero-order valence-electron chi connectivity index (χ0n) is 8.55. The highest BCUT2D eigenvalue weighted by molar-refractivity contribution is 9.10. The molecule has 1 aromatic rings. The Morgan fingerprint density at radius 2 is 2.12 bits per heavy atom. The Morgan fingerprint density at radius 3 is 2.81 bits per heavy atom. The van der Waals surface area contributed by atoms with Crippen molar-refractivity contribution in [2.24, 2.45) is 0 Å². The lowest BCUT2D eigenvalue weighted by atomic mass is 9.80. The third kappa shape index (κ3) is 1.19. The number of aryl methyl sites for hydroxylation is 1. The number of hydrogen-bond donors (Lipinski definition) is 1. The van der Waals surface area contributed by atoms with Crippen LogP contribution in [-0.2, 0) is 21.4 Å². The Bertz CT molecular complexity index is 512. The van der Waals surface area contributed by atoms with Crippen LogP contribution < -0.4 is 5.32 Å². The van der Waals surface area contributed by atoms with Crippen LogP contribution in [0.1, 0.15) is 24.0 Å². The summed E-state index contributed by atoms with van der Waals surface area (Å²) >= 11 is 3.42. The van der Waals surface area contributed by atoms with Crippen LogP contribution in [-0.4, -0.2) is 11.8 Å². The van der Waals surface area contributed by atoms with Crippen LogP contribution in [0.4, 0.5) is 0 Å². The second kappa shape index (κ2) is 3.17. The van der Waals surface area contributed by atoms with Gasteiger partial charge in [0.2, 0.25) is 11.8 Å². The number of hydrogen-bond acceptors (Lipinski definition) is 2. The summed E-state index contributed by atoms with van der Waals surface area (Å²) in [5.74, 6) is -0.278. The van der Waals surface area contributed by atoms with Gasteiger partial charge in [-0.1, -0.05) is 22.0 Å². The van der Waals surface area contributed by atoms with Crippen LogP contribution in [0.25, 0.3) is 0 Å². The normalized spacial score (nSPS) is 27.3. The monoisotopic (exact) mass is 279 g/mol. The van der Waals surface area contributed by atoms with Crippen molar-refractivity contribution in [3.8, 4) is 0 Å². The van der Waals surface area contributed by atoms with Crippen molar-refractivity contribution in [1.82, 2.24) is 5.32 Å². The number of benzene rings is 1. The summed E-state index contributed by atoms with van der Waals surface area (Å²) in [6.07, 6.45) is 1.92. The van der Waals surface area contributed by atoms with Crippen molar-refractivity contribution < 1.29 is 9.59 Å². The molecule has 16 heavy (non-hydrogen) atoms. The zero-order chi connectivity index (χ0) is 11.3. The largest absolute Gasteiger partial charge is 0.296 e. The van der Waals surface area contributed by atoms with E-state index in [1.807, 2.05) is 18.2 Å². The number of rotatable bonds is 0. The molecule has 1 fully saturated rings. The molecular weight excluding hydrogens is 270 g/mol. The first-order valence-corrected chi connectivity index (χ1v) is 6.04. The molecule has 1 atom stereocenters. The van der Waals surface area contributed by atoms with Gasteiger partial charge in [-0.15, -0.1) is 0 Å². The van der Waals surface area contributed by atoms with E-state index >= 15 is 0 Å². The zero-order valence-corrected chi connectivity index (χ0v) is 10.1. The third-order valence-corrected chi connectivity index (χ3v) is 4.05. The Balaban J connectivity index is 2.15. The van der Waals surface area contributed by atoms with E-state index in [0.717, 1.165) is 22.9 Å². The molecule has 0 radical (unpaired) electrons. The number of carbonyl (C=O) groups excluding carboxylic acids is 2. The number of carbonyl (C=O) groups is 2. The van der Waals surface area contributed by atoms with Crippen molar-refractivity contribution >= 4 is 27.7 Å².